The Hall–Kier alpha value is -4.79. The Bertz CT molecular complexity index is 1500. The number of urea groups is 1. The van der Waals surface area contributed by atoms with Crippen molar-refractivity contribution in [1.29, 1.82) is 0 Å². The summed E-state index contributed by atoms with van der Waals surface area (Å²) in [4.78, 5) is 25.6. The second-order valence-electron chi connectivity index (χ2n) is 7.52. The van der Waals surface area contributed by atoms with Gasteiger partial charge in [0.25, 0.3) is 0 Å². The summed E-state index contributed by atoms with van der Waals surface area (Å²) in [5.74, 6) is 1.32. The van der Waals surface area contributed by atoms with Crippen molar-refractivity contribution >= 4 is 28.4 Å². The minimum absolute atomic E-state index is 0.354. The number of carbonyl (C=O) groups is 1. The second kappa shape index (κ2) is 8.99. The highest BCUT2D eigenvalue weighted by atomic mass is 19.1. The number of nitrogens with zero attached hydrogens (tertiary/aromatic N) is 4. The largest absolute Gasteiger partial charge is 0.457 e. The van der Waals surface area contributed by atoms with Crippen LogP contribution < -0.4 is 15.4 Å². The maximum Gasteiger partial charge on any atom is 0.323 e. The molecule has 0 fully saturated rings. The molecule has 0 aliphatic carbocycles. The van der Waals surface area contributed by atoms with Crippen LogP contribution in [0.15, 0.2) is 85.5 Å². The number of hydrogen-bond donors (Lipinski definition) is 2. The van der Waals surface area contributed by atoms with Gasteiger partial charge in [-0.1, -0.05) is 12.1 Å². The van der Waals surface area contributed by atoms with E-state index in [1.54, 1.807) is 59.6 Å². The molecule has 34 heavy (non-hydrogen) atoms. The zero-order valence-corrected chi connectivity index (χ0v) is 18.1. The number of aromatic nitrogens is 4. The highest BCUT2D eigenvalue weighted by Gasteiger charge is 2.08. The lowest BCUT2D eigenvalue weighted by atomic mass is 10.2. The predicted molar refractivity (Wildman–Crippen MR) is 127 cm³/mol. The molecular formula is C25H19FN6O2. The Morgan fingerprint density at radius 1 is 0.912 bits per heavy atom. The van der Waals surface area contributed by atoms with E-state index in [2.05, 4.69) is 25.6 Å². The van der Waals surface area contributed by atoms with Crippen molar-refractivity contribution in [2.45, 2.75) is 6.92 Å². The van der Waals surface area contributed by atoms with Gasteiger partial charge in [0.1, 0.15) is 23.6 Å². The number of ether oxygens (including phenoxy) is 1. The Kier molecular flexibility index (Phi) is 5.57. The van der Waals surface area contributed by atoms with Crippen molar-refractivity contribution in [3.05, 3.63) is 97.0 Å². The van der Waals surface area contributed by atoms with Crippen LogP contribution in [0.3, 0.4) is 0 Å². The summed E-state index contributed by atoms with van der Waals surface area (Å²) >= 11 is 0. The molecule has 3 aromatic carbocycles. The van der Waals surface area contributed by atoms with Crippen molar-refractivity contribution in [3.8, 4) is 17.3 Å². The number of rotatable bonds is 5. The second-order valence-corrected chi connectivity index (χ2v) is 7.52. The van der Waals surface area contributed by atoms with Gasteiger partial charge in [0.05, 0.1) is 22.9 Å². The number of fused-ring (bicyclic) bond motifs is 1. The number of anilines is 2. The number of imidazole rings is 1. The van der Waals surface area contributed by atoms with E-state index in [1.165, 1.54) is 18.2 Å². The molecule has 0 atom stereocenters. The van der Waals surface area contributed by atoms with Gasteiger partial charge < -0.3 is 15.4 Å². The molecule has 2 N–H and O–H groups in total. The van der Waals surface area contributed by atoms with Crippen molar-refractivity contribution in [2.24, 2.45) is 0 Å². The van der Waals surface area contributed by atoms with E-state index < -0.39 is 11.8 Å². The molecule has 5 rings (SSSR count). The van der Waals surface area contributed by atoms with Gasteiger partial charge in [-0.25, -0.2) is 19.2 Å². The van der Waals surface area contributed by atoms with Gasteiger partial charge in [-0.2, -0.15) is 0 Å². The summed E-state index contributed by atoms with van der Waals surface area (Å²) in [6.07, 6.45) is 5.25. The normalized spacial score (nSPS) is 10.8. The van der Waals surface area contributed by atoms with Gasteiger partial charge >= 0.3 is 6.03 Å². The summed E-state index contributed by atoms with van der Waals surface area (Å²) in [5.41, 5.74) is 3.16. The molecule has 0 saturated carbocycles. The quantitative estimate of drug-likeness (QED) is 0.355. The van der Waals surface area contributed by atoms with Crippen molar-refractivity contribution in [2.75, 3.05) is 10.6 Å². The van der Waals surface area contributed by atoms with E-state index in [4.69, 9.17) is 4.74 Å². The maximum absolute atomic E-state index is 13.3. The number of amides is 2. The minimum atomic E-state index is -0.494. The van der Waals surface area contributed by atoms with Gasteiger partial charge in [0, 0.05) is 29.7 Å². The monoisotopic (exact) mass is 454 g/mol. The molecule has 0 bridgehead atoms. The summed E-state index contributed by atoms with van der Waals surface area (Å²) in [6.45, 7) is 1.91. The highest BCUT2D eigenvalue weighted by Crippen LogP contribution is 2.27. The lowest BCUT2D eigenvalue weighted by Gasteiger charge is -2.11. The average molecular weight is 454 g/mol. The average Bonchev–Trinajstić information content (AvgIpc) is 3.25. The zero-order chi connectivity index (χ0) is 23.5. The summed E-state index contributed by atoms with van der Waals surface area (Å²) in [5, 5.41) is 5.30. The smallest absolute Gasteiger partial charge is 0.323 e. The highest BCUT2D eigenvalue weighted by molar-refractivity contribution is 5.99. The van der Waals surface area contributed by atoms with Crippen LogP contribution in [0.4, 0.5) is 20.6 Å². The molecule has 2 amide bonds. The summed E-state index contributed by atoms with van der Waals surface area (Å²) in [6, 6.07) is 17.5. The first-order valence-electron chi connectivity index (χ1n) is 10.4. The molecule has 2 aromatic heterocycles. The number of carbonyl (C=O) groups excluding carboxylic acids is 1. The Labute approximate surface area is 194 Å². The fourth-order valence-corrected chi connectivity index (χ4v) is 3.35. The van der Waals surface area contributed by atoms with E-state index in [-0.39, 0.29) is 0 Å². The number of hydrogen-bond acceptors (Lipinski definition) is 5. The molecule has 168 valence electrons. The van der Waals surface area contributed by atoms with Crippen LogP contribution in [0.5, 0.6) is 11.5 Å². The van der Waals surface area contributed by atoms with E-state index in [0.29, 0.717) is 34.2 Å². The fourth-order valence-electron chi connectivity index (χ4n) is 3.35. The SMILES string of the molecule is Cc1cn(-c2cnc3ccc(Oc4cccc(NC(=O)Nc5cccc(F)c5)c4)cc3n2)cn1. The van der Waals surface area contributed by atoms with Crippen LogP contribution in [0.1, 0.15) is 5.69 Å². The van der Waals surface area contributed by atoms with Crippen LogP contribution in [0, 0.1) is 12.7 Å². The van der Waals surface area contributed by atoms with E-state index in [1.807, 2.05) is 19.2 Å². The predicted octanol–water partition coefficient (Wildman–Crippen LogP) is 5.70. The van der Waals surface area contributed by atoms with E-state index in [0.717, 1.165) is 11.2 Å². The molecule has 0 unspecified atom stereocenters. The molecule has 2 heterocycles. The Balaban J connectivity index is 1.31. The van der Waals surface area contributed by atoms with Gasteiger partial charge in [0.15, 0.2) is 5.82 Å². The standard InChI is InChI=1S/C25H19FN6O2/c1-16-14-32(15-28-16)24-13-27-22-9-8-21(12-23(22)31-24)34-20-7-3-6-19(11-20)30-25(33)29-18-5-2-4-17(26)10-18/h2-15H,1H3,(H2,29,30,33). The fraction of sp³-hybridized carbons (Fsp3) is 0.0400. The third-order valence-electron chi connectivity index (χ3n) is 4.89. The Morgan fingerprint density at radius 3 is 2.44 bits per heavy atom. The van der Waals surface area contributed by atoms with E-state index in [9.17, 15) is 9.18 Å². The molecule has 8 nitrogen and oxygen atoms in total. The molecule has 0 radical (unpaired) electrons. The summed E-state index contributed by atoms with van der Waals surface area (Å²) < 4.78 is 21.1. The first-order valence-corrected chi connectivity index (χ1v) is 10.4. The first kappa shape index (κ1) is 21.1. The molecule has 0 spiro atoms. The van der Waals surface area contributed by atoms with Crippen molar-refractivity contribution in [3.63, 3.8) is 0 Å². The Morgan fingerprint density at radius 2 is 1.68 bits per heavy atom. The molecule has 0 aliphatic rings. The lowest BCUT2D eigenvalue weighted by molar-refractivity contribution is 0.262. The molecule has 0 saturated heterocycles. The molecule has 5 aromatic rings. The zero-order valence-electron chi connectivity index (χ0n) is 18.1. The minimum Gasteiger partial charge on any atom is -0.457 e. The molecule has 0 aliphatic heterocycles. The first-order chi connectivity index (χ1) is 16.5. The third kappa shape index (κ3) is 4.83. The topological polar surface area (TPSA) is 94.0 Å². The number of benzene rings is 3. The third-order valence-corrected chi connectivity index (χ3v) is 4.89. The maximum atomic E-state index is 13.3. The molecule has 9 heteroatoms. The lowest BCUT2D eigenvalue weighted by Crippen LogP contribution is -2.19. The van der Waals surface area contributed by atoms with Crippen LogP contribution in [-0.2, 0) is 0 Å². The van der Waals surface area contributed by atoms with Gasteiger partial charge in [-0.05, 0) is 49.4 Å². The number of aryl methyl sites for hydroxylation is 1. The number of nitrogens with one attached hydrogen (secondary N) is 2. The van der Waals surface area contributed by atoms with Gasteiger partial charge in [-0.3, -0.25) is 9.55 Å². The van der Waals surface area contributed by atoms with Crippen molar-refractivity contribution in [1.82, 2.24) is 19.5 Å². The number of halogens is 1. The van der Waals surface area contributed by atoms with Gasteiger partial charge in [0.2, 0.25) is 0 Å². The van der Waals surface area contributed by atoms with Crippen LogP contribution in [0.25, 0.3) is 16.9 Å². The van der Waals surface area contributed by atoms with Gasteiger partial charge in [-0.15, -0.1) is 0 Å². The van der Waals surface area contributed by atoms with E-state index >= 15 is 0 Å². The summed E-state index contributed by atoms with van der Waals surface area (Å²) in [7, 11) is 0. The van der Waals surface area contributed by atoms with Crippen LogP contribution in [-0.4, -0.2) is 25.6 Å². The van der Waals surface area contributed by atoms with Crippen LogP contribution in [0.2, 0.25) is 0 Å². The van der Waals surface area contributed by atoms with Crippen LogP contribution >= 0.6 is 0 Å². The molecular weight excluding hydrogens is 435 g/mol. The van der Waals surface area contributed by atoms with Crippen molar-refractivity contribution < 1.29 is 13.9 Å².